The lowest BCUT2D eigenvalue weighted by Crippen LogP contribution is -2.32. The molecule has 1 unspecified atom stereocenters. The van der Waals surface area contributed by atoms with Crippen molar-refractivity contribution in [3.8, 4) is 0 Å². The zero-order valence-electron chi connectivity index (χ0n) is 17.1. The maximum Gasteiger partial charge on any atom is 0.420 e. The van der Waals surface area contributed by atoms with Gasteiger partial charge in [0.1, 0.15) is 6.54 Å². The molecule has 5 rings (SSSR count). The molecule has 0 bridgehead atoms. The molecular weight excluding hydrogens is 390 g/mol. The number of benzene rings is 3. The van der Waals surface area contributed by atoms with E-state index in [1.54, 1.807) is 18.2 Å². The van der Waals surface area contributed by atoms with Gasteiger partial charge in [0.2, 0.25) is 0 Å². The van der Waals surface area contributed by atoms with Crippen molar-refractivity contribution in [2.24, 2.45) is 5.10 Å². The second-order valence-electron chi connectivity index (χ2n) is 7.70. The molecule has 1 aliphatic heterocycles. The van der Waals surface area contributed by atoms with Gasteiger partial charge in [-0.25, -0.2) is 9.80 Å². The molecule has 1 atom stereocenters. The molecule has 154 valence electrons. The molecule has 6 heteroatoms. The summed E-state index contributed by atoms with van der Waals surface area (Å²) in [5.74, 6) is -0.807. The van der Waals surface area contributed by atoms with E-state index in [0.29, 0.717) is 17.5 Å². The molecule has 0 aliphatic carbocycles. The molecule has 31 heavy (non-hydrogen) atoms. The molecule has 0 saturated heterocycles. The largest absolute Gasteiger partial charge is 0.420 e. The van der Waals surface area contributed by atoms with Gasteiger partial charge >= 0.3 is 5.76 Å². The van der Waals surface area contributed by atoms with Crippen molar-refractivity contribution in [1.82, 2.24) is 9.58 Å². The molecule has 1 aromatic heterocycles. The monoisotopic (exact) mass is 411 g/mol. The number of rotatable bonds is 4. The van der Waals surface area contributed by atoms with Crippen LogP contribution in [0.3, 0.4) is 0 Å². The van der Waals surface area contributed by atoms with Crippen molar-refractivity contribution in [2.45, 2.75) is 25.9 Å². The fourth-order valence-electron chi connectivity index (χ4n) is 3.96. The first-order valence-corrected chi connectivity index (χ1v) is 10.2. The van der Waals surface area contributed by atoms with E-state index in [9.17, 15) is 9.59 Å². The molecule has 1 aliphatic rings. The van der Waals surface area contributed by atoms with Crippen molar-refractivity contribution in [3.63, 3.8) is 0 Å². The van der Waals surface area contributed by atoms with Crippen molar-refractivity contribution in [3.05, 3.63) is 106 Å². The minimum Gasteiger partial charge on any atom is -0.408 e. The smallest absolute Gasteiger partial charge is 0.408 e. The van der Waals surface area contributed by atoms with Crippen molar-refractivity contribution >= 4 is 22.7 Å². The number of aryl methyl sites for hydroxylation is 1. The second-order valence-corrected chi connectivity index (χ2v) is 7.70. The van der Waals surface area contributed by atoms with Crippen LogP contribution in [0.2, 0.25) is 0 Å². The van der Waals surface area contributed by atoms with E-state index >= 15 is 0 Å². The Morgan fingerprint density at radius 1 is 1.00 bits per heavy atom. The maximum absolute atomic E-state index is 13.4. The number of para-hydroxylation sites is 2. The Morgan fingerprint density at radius 3 is 2.48 bits per heavy atom. The first-order chi connectivity index (χ1) is 15.1. The van der Waals surface area contributed by atoms with Gasteiger partial charge in [0.05, 0.1) is 17.3 Å². The van der Waals surface area contributed by atoms with E-state index in [-0.39, 0.29) is 18.5 Å². The third-order valence-corrected chi connectivity index (χ3v) is 5.60. The molecule has 2 heterocycles. The number of hydrogen-bond donors (Lipinski definition) is 0. The van der Waals surface area contributed by atoms with Crippen LogP contribution in [0.5, 0.6) is 0 Å². The zero-order chi connectivity index (χ0) is 21.4. The molecule has 3 aromatic carbocycles. The van der Waals surface area contributed by atoms with E-state index in [0.717, 1.165) is 22.4 Å². The normalized spacial score (nSPS) is 16.0. The van der Waals surface area contributed by atoms with Gasteiger partial charge < -0.3 is 4.42 Å². The minimum absolute atomic E-state index is 0.135. The number of hydrazone groups is 1. The topological polar surface area (TPSA) is 67.8 Å². The van der Waals surface area contributed by atoms with Crippen LogP contribution in [-0.2, 0) is 11.3 Å². The average Bonchev–Trinajstić information content (AvgIpc) is 3.37. The fraction of sp³-hybridized carbons (Fsp3) is 0.160. The third kappa shape index (κ3) is 3.57. The average molecular weight is 411 g/mol. The van der Waals surface area contributed by atoms with E-state index in [1.807, 2.05) is 67.6 Å². The summed E-state index contributed by atoms with van der Waals surface area (Å²) < 4.78 is 6.64. The van der Waals surface area contributed by atoms with Gasteiger partial charge in [-0.1, -0.05) is 72.3 Å². The van der Waals surface area contributed by atoms with E-state index < -0.39 is 5.76 Å². The molecule has 0 radical (unpaired) electrons. The Morgan fingerprint density at radius 2 is 1.71 bits per heavy atom. The lowest BCUT2D eigenvalue weighted by atomic mass is 9.98. The van der Waals surface area contributed by atoms with E-state index in [1.165, 1.54) is 9.58 Å². The zero-order valence-corrected chi connectivity index (χ0v) is 17.1. The van der Waals surface area contributed by atoms with Crippen LogP contribution in [0, 0.1) is 6.92 Å². The van der Waals surface area contributed by atoms with Crippen molar-refractivity contribution in [2.75, 3.05) is 0 Å². The lowest BCUT2D eigenvalue weighted by molar-refractivity contribution is -0.133. The summed E-state index contributed by atoms with van der Waals surface area (Å²) >= 11 is 0. The third-order valence-electron chi connectivity index (χ3n) is 5.60. The molecule has 0 saturated carbocycles. The number of aromatic nitrogens is 1. The Labute approximate surface area is 179 Å². The fourth-order valence-corrected chi connectivity index (χ4v) is 3.96. The number of amides is 1. The predicted molar refractivity (Wildman–Crippen MR) is 119 cm³/mol. The van der Waals surface area contributed by atoms with Crippen LogP contribution in [0.1, 0.15) is 29.2 Å². The van der Waals surface area contributed by atoms with Gasteiger partial charge in [-0.3, -0.25) is 9.36 Å². The summed E-state index contributed by atoms with van der Waals surface area (Å²) in [6.07, 6.45) is 0.611. The number of nitrogens with zero attached hydrogens (tertiary/aromatic N) is 3. The molecule has 0 spiro atoms. The minimum atomic E-state index is -0.548. The highest BCUT2D eigenvalue weighted by Gasteiger charge is 2.33. The summed E-state index contributed by atoms with van der Waals surface area (Å²) in [7, 11) is 0. The van der Waals surface area contributed by atoms with E-state index in [4.69, 9.17) is 4.42 Å². The second kappa shape index (κ2) is 7.72. The number of fused-ring (bicyclic) bond motifs is 1. The van der Waals surface area contributed by atoms with Crippen LogP contribution in [0.4, 0.5) is 0 Å². The van der Waals surface area contributed by atoms with Crippen LogP contribution < -0.4 is 5.76 Å². The summed E-state index contributed by atoms with van der Waals surface area (Å²) in [5.41, 5.74) is 5.06. The Bertz CT molecular complexity index is 1330. The highest BCUT2D eigenvalue weighted by Crippen LogP contribution is 2.33. The summed E-state index contributed by atoms with van der Waals surface area (Å²) in [6.45, 7) is 1.90. The Kier molecular flexibility index (Phi) is 4.75. The van der Waals surface area contributed by atoms with Crippen LogP contribution in [0.15, 0.2) is 93.2 Å². The highest BCUT2D eigenvalue weighted by atomic mass is 16.4. The molecule has 1 amide bonds. The van der Waals surface area contributed by atoms with Crippen LogP contribution >= 0.6 is 0 Å². The summed E-state index contributed by atoms with van der Waals surface area (Å²) in [5, 5.41) is 6.20. The molecule has 0 fully saturated rings. The summed E-state index contributed by atoms with van der Waals surface area (Å²) in [6, 6.07) is 24.9. The number of carbonyl (C=O) groups excluding carboxylic acids is 1. The van der Waals surface area contributed by atoms with E-state index in [2.05, 4.69) is 5.10 Å². The molecular formula is C25H21N3O3. The number of carbonyl (C=O) groups is 1. The number of hydrogen-bond acceptors (Lipinski definition) is 4. The van der Waals surface area contributed by atoms with Gasteiger partial charge in [-0.2, -0.15) is 5.10 Å². The van der Waals surface area contributed by atoms with Gasteiger partial charge in [-0.05, 0) is 30.2 Å². The van der Waals surface area contributed by atoms with Crippen LogP contribution in [0.25, 0.3) is 11.1 Å². The van der Waals surface area contributed by atoms with Crippen molar-refractivity contribution in [1.29, 1.82) is 0 Å². The van der Waals surface area contributed by atoms with Gasteiger partial charge in [0.15, 0.2) is 5.58 Å². The first-order valence-electron chi connectivity index (χ1n) is 10.2. The van der Waals surface area contributed by atoms with Gasteiger partial charge in [0, 0.05) is 6.42 Å². The molecule has 4 aromatic rings. The molecule has 6 nitrogen and oxygen atoms in total. The van der Waals surface area contributed by atoms with Gasteiger partial charge in [-0.15, -0.1) is 0 Å². The summed E-state index contributed by atoms with van der Waals surface area (Å²) in [4.78, 5) is 25.7. The standard InChI is InChI=1S/C25H21N3O3/c1-17-11-13-19(14-12-17)22-15-20(18-7-3-2-4-8-18)26-28(22)24(29)16-27-21-9-5-6-10-23(21)31-25(27)30/h2-14,22H,15-16H2,1H3. The van der Waals surface area contributed by atoms with Crippen LogP contribution in [-0.4, -0.2) is 21.2 Å². The quantitative estimate of drug-likeness (QED) is 0.503. The number of oxazole rings is 1. The SMILES string of the molecule is Cc1ccc(C2CC(c3ccccc3)=NN2C(=O)Cn2c(=O)oc3ccccc32)cc1. The lowest BCUT2D eigenvalue weighted by Gasteiger charge is -2.22. The van der Waals surface area contributed by atoms with Crippen molar-refractivity contribution < 1.29 is 9.21 Å². The highest BCUT2D eigenvalue weighted by molar-refractivity contribution is 6.03. The Balaban J connectivity index is 1.51. The first kappa shape index (κ1) is 19.1. The Hall–Kier alpha value is -3.93. The predicted octanol–water partition coefficient (Wildman–Crippen LogP) is 4.28. The molecule has 0 N–H and O–H groups in total. The van der Waals surface area contributed by atoms with Gasteiger partial charge in [0.25, 0.3) is 5.91 Å². The maximum atomic E-state index is 13.4.